The highest BCUT2D eigenvalue weighted by Gasteiger charge is 2.18. The first kappa shape index (κ1) is 26.2. The molecule has 0 aliphatic rings. The first-order chi connectivity index (χ1) is 17.5. The number of carbonyl (C=O) groups is 3. The largest absolute Gasteiger partial charge is 0.466 e. The van der Waals surface area contributed by atoms with Crippen molar-refractivity contribution in [1.29, 1.82) is 0 Å². The third-order valence-corrected chi connectivity index (χ3v) is 5.01. The predicted octanol–water partition coefficient (Wildman–Crippen LogP) is 5.12. The molecule has 3 rings (SSSR count). The topological polar surface area (TPSA) is 97.0 Å². The molecule has 188 valence electrons. The normalized spacial score (nSPS) is 10.3. The van der Waals surface area contributed by atoms with E-state index >= 15 is 0 Å². The van der Waals surface area contributed by atoms with Crippen LogP contribution in [0.25, 0.3) is 0 Å². The molecule has 0 spiro atoms. The highest BCUT2D eigenvalue weighted by atomic mass is 19.1. The molecule has 0 aliphatic carbocycles. The molecule has 2 N–H and O–H groups in total. The van der Waals surface area contributed by atoms with Crippen LogP contribution in [-0.4, -0.2) is 37.6 Å². The third kappa shape index (κ3) is 8.12. The maximum atomic E-state index is 14.1. The molecule has 3 amide bonds. The standard InChI is InChI=1S/C27H28FN3O5/c1-2-35-26(33)17-16-25(32)29-18-19-31(27(34)30-24-11-7-6-10-23(24)28)20-12-14-22(15-13-20)36-21-8-4-3-5-9-21/h3-15H,2,16-19H2,1H3,(H,29,32)(H,30,34). The van der Waals surface area contributed by atoms with Crippen LogP contribution in [0.15, 0.2) is 78.9 Å². The van der Waals surface area contributed by atoms with Gasteiger partial charge < -0.3 is 20.1 Å². The van der Waals surface area contributed by atoms with Gasteiger partial charge in [-0.05, 0) is 55.5 Å². The number of rotatable bonds is 11. The number of amides is 3. The lowest BCUT2D eigenvalue weighted by atomic mass is 10.2. The highest BCUT2D eigenvalue weighted by Crippen LogP contribution is 2.25. The number of benzene rings is 3. The molecule has 3 aromatic carbocycles. The summed E-state index contributed by atoms with van der Waals surface area (Å²) in [6.07, 6.45) is -0.0498. The van der Waals surface area contributed by atoms with Crippen molar-refractivity contribution in [3.63, 3.8) is 0 Å². The van der Waals surface area contributed by atoms with Crippen LogP contribution in [0, 0.1) is 5.82 Å². The van der Waals surface area contributed by atoms with E-state index in [1.165, 1.54) is 23.1 Å². The fourth-order valence-electron chi connectivity index (χ4n) is 3.26. The third-order valence-electron chi connectivity index (χ3n) is 5.01. The summed E-state index contributed by atoms with van der Waals surface area (Å²) >= 11 is 0. The van der Waals surface area contributed by atoms with Gasteiger partial charge in [0.15, 0.2) is 0 Å². The molecule has 36 heavy (non-hydrogen) atoms. The minimum absolute atomic E-state index is 0.0220. The lowest BCUT2D eigenvalue weighted by molar-refractivity contribution is -0.144. The van der Waals surface area contributed by atoms with Crippen molar-refractivity contribution in [2.45, 2.75) is 19.8 Å². The molecule has 0 atom stereocenters. The Morgan fingerprint density at radius 3 is 2.22 bits per heavy atom. The SMILES string of the molecule is CCOC(=O)CCC(=O)NCCN(C(=O)Nc1ccccc1F)c1ccc(Oc2ccccc2)cc1. The molecular weight excluding hydrogens is 465 g/mol. The molecule has 0 heterocycles. The monoisotopic (exact) mass is 493 g/mol. The molecular formula is C27H28FN3O5. The quantitative estimate of drug-likeness (QED) is 0.362. The number of ether oxygens (including phenoxy) is 2. The Kier molecular flexibility index (Phi) is 9.81. The average Bonchev–Trinajstić information content (AvgIpc) is 2.88. The first-order valence-electron chi connectivity index (χ1n) is 11.5. The lowest BCUT2D eigenvalue weighted by Crippen LogP contribution is -2.41. The number of nitrogens with zero attached hydrogens (tertiary/aromatic N) is 1. The molecule has 0 saturated carbocycles. The van der Waals surface area contributed by atoms with E-state index in [-0.39, 0.29) is 44.1 Å². The van der Waals surface area contributed by atoms with Crippen molar-refractivity contribution in [3.05, 3.63) is 84.7 Å². The Hall–Kier alpha value is -4.40. The molecule has 0 aromatic heterocycles. The second-order valence-electron chi connectivity index (χ2n) is 7.63. The summed E-state index contributed by atoms with van der Waals surface area (Å²) in [6, 6.07) is 21.4. The van der Waals surface area contributed by atoms with Crippen molar-refractivity contribution in [2.75, 3.05) is 29.9 Å². The van der Waals surface area contributed by atoms with Gasteiger partial charge in [-0.15, -0.1) is 0 Å². The van der Waals surface area contributed by atoms with E-state index < -0.39 is 17.8 Å². The van der Waals surface area contributed by atoms with Gasteiger partial charge in [0.2, 0.25) is 5.91 Å². The van der Waals surface area contributed by atoms with Crippen molar-refractivity contribution >= 4 is 29.3 Å². The zero-order valence-electron chi connectivity index (χ0n) is 19.9. The maximum Gasteiger partial charge on any atom is 0.326 e. The van der Waals surface area contributed by atoms with Crippen LogP contribution in [0.4, 0.5) is 20.6 Å². The number of hydrogen-bond acceptors (Lipinski definition) is 5. The van der Waals surface area contributed by atoms with Gasteiger partial charge in [-0.3, -0.25) is 14.5 Å². The predicted molar refractivity (Wildman–Crippen MR) is 135 cm³/mol. The van der Waals surface area contributed by atoms with Gasteiger partial charge in [0, 0.05) is 25.2 Å². The Morgan fingerprint density at radius 1 is 0.861 bits per heavy atom. The minimum atomic E-state index is -0.572. The van der Waals surface area contributed by atoms with Crippen molar-refractivity contribution < 1.29 is 28.2 Å². The molecule has 8 nitrogen and oxygen atoms in total. The van der Waals surface area contributed by atoms with E-state index in [4.69, 9.17) is 9.47 Å². The van der Waals surface area contributed by atoms with E-state index in [1.807, 2.05) is 30.3 Å². The fraction of sp³-hybridized carbons (Fsp3) is 0.222. The van der Waals surface area contributed by atoms with E-state index in [0.717, 1.165) is 0 Å². The number of urea groups is 1. The molecule has 3 aromatic rings. The van der Waals surface area contributed by atoms with Crippen LogP contribution in [0.5, 0.6) is 11.5 Å². The summed E-state index contributed by atoms with van der Waals surface area (Å²) in [4.78, 5) is 38.0. The first-order valence-corrected chi connectivity index (χ1v) is 11.5. The van der Waals surface area contributed by atoms with Crippen molar-refractivity contribution in [1.82, 2.24) is 5.32 Å². The molecule has 0 aliphatic heterocycles. The van der Waals surface area contributed by atoms with E-state index in [0.29, 0.717) is 17.2 Å². The van der Waals surface area contributed by atoms with Crippen LogP contribution in [0.2, 0.25) is 0 Å². The fourth-order valence-corrected chi connectivity index (χ4v) is 3.26. The summed E-state index contributed by atoms with van der Waals surface area (Å²) < 4.78 is 24.7. The summed E-state index contributed by atoms with van der Waals surface area (Å²) in [5.41, 5.74) is 0.556. The van der Waals surface area contributed by atoms with E-state index in [9.17, 15) is 18.8 Å². The van der Waals surface area contributed by atoms with Gasteiger partial charge in [-0.1, -0.05) is 30.3 Å². The van der Waals surface area contributed by atoms with Crippen molar-refractivity contribution in [2.24, 2.45) is 0 Å². The zero-order valence-corrected chi connectivity index (χ0v) is 19.9. The summed E-state index contributed by atoms with van der Waals surface area (Å²) in [5.74, 6) is -0.109. The average molecular weight is 494 g/mol. The number of carbonyl (C=O) groups excluding carboxylic acids is 3. The minimum Gasteiger partial charge on any atom is -0.466 e. The summed E-state index contributed by atoms with van der Waals surface area (Å²) in [7, 11) is 0. The highest BCUT2D eigenvalue weighted by molar-refractivity contribution is 6.01. The Bertz CT molecular complexity index is 1160. The van der Waals surface area contributed by atoms with Gasteiger partial charge in [0.25, 0.3) is 0 Å². The molecule has 0 radical (unpaired) electrons. The number of hydrogen-bond donors (Lipinski definition) is 2. The molecule has 0 saturated heterocycles. The van der Waals surface area contributed by atoms with Gasteiger partial charge in [0.05, 0.1) is 18.7 Å². The van der Waals surface area contributed by atoms with Gasteiger partial charge >= 0.3 is 12.0 Å². The number of nitrogens with one attached hydrogen (secondary N) is 2. The van der Waals surface area contributed by atoms with Gasteiger partial charge in [-0.25, -0.2) is 9.18 Å². The summed E-state index contributed by atoms with van der Waals surface area (Å²) in [6.45, 7) is 2.17. The molecule has 9 heteroatoms. The molecule has 0 fully saturated rings. The van der Waals surface area contributed by atoms with E-state index in [2.05, 4.69) is 10.6 Å². The van der Waals surface area contributed by atoms with Gasteiger partial charge in [-0.2, -0.15) is 0 Å². The van der Waals surface area contributed by atoms with Crippen LogP contribution in [0.3, 0.4) is 0 Å². The Labute approximate surface area is 209 Å². The maximum absolute atomic E-state index is 14.1. The summed E-state index contributed by atoms with van der Waals surface area (Å²) in [5, 5.41) is 5.25. The molecule has 0 bridgehead atoms. The second-order valence-corrected chi connectivity index (χ2v) is 7.63. The number of esters is 1. The smallest absolute Gasteiger partial charge is 0.326 e. The van der Waals surface area contributed by atoms with E-state index in [1.54, 1.807) is 37.3 Å². The van der Waals surface area contributed by atoms with Crippen LogP contribution in [-0.2, 0) is 14.3 Å². The number of anilines is 2. The van der Waals surface area contributed by atoms with Crippen LogP contribution in [0.1, 0.15) is 19.8 Å². The number of para-hydroxylation sites is 2. The van der Waals surface area contributed by atoms with Crippen LogP contribution < -0.4 is 20.3 Å². The second kappa shape index (κ2) is 13.5. The van der Waals surface area contributed by atoms with Crippen molar-refractivity contribution in [3.8, 4) is 11.5 Å². The Morgan fingerprint density at radius 2 is 1.53 bits per heavy atom. The number of halogens is 1. The zero-order chi connectivity index (χ0) is 25.8. The van der Waals surface area contributed by atoms with Crippen LogP contribution >= 0.6 is 0 Å². The molecule has 0 unspecified atom stereocenters. The van der Waals surface area contributed by atoms with Gasteiger partial charge in [0.1, 0.15) is 17.3 Å². The lowest BCUT2D eigenvalue weighted by Gasteiger charge is -2.24. The Balaban J connectivity index is 1.67.